The molecule has 10 nitrogen and oxygen atoms in total. The molecule has 0 spiro atoms. The summed E-state index contributed by atoms with van der Waals surface area (Å²) in [6, 6.07) is 5.96. The molecule has 3 aliphatic rings. The standard InChI is InChI=1S/C21H23N5O5S/c1-28-13-2-3-17-14(7-13)24-21(31-17)26-12-6-15-18(16(26)10-30-9-12)32-20(23-15)25-19(27)22-11-4-5-29-8-11/h2-3,7,11-12,16H,4-6,8-10H2,1H3,(H2,22,23,25,27)/t11-,12+,16+/m1/s1. The average molecular weight is 458 g/mol. The van der Waals surface area contributed by atoms with Gasteiger partial charge in [0.15, 0.2) is 10.7 Å². The van der Waals surface area contributed by atoms with Crippen molar-refractivity contribution in [1.82, 2.24) is 15.3 Å². The van der Waals surface area contributed by atoms with Crippen LogP contribution in [0, 0.1) is 0 Å². The second-order valence-corrected chi connectivity index (χ2v) is 9.17. The highest BCUT2D eigenvalue weighted by molar-refractivity contribution is 7.16. The van der Waals surface area contributed by atoms with Gasteiger partial charge in [-0.25, -0.2) is 9.78 Å². The number of nitrogens with zero attached hydrogens (tertiary/aromatic N) is 3. The third-order valence-electron chi connectivity index (χ3n) is 6.06. The third kappa shape index (κ3) is 3.46. The lowest BCUT2D eigenvalue weighted by Gasteiger charge is -2.43. The van der Waals surface area contributed by atoms with Gasteiger partial charge < -0.3 is 28.8 Å². The van der Waals surface area contributed by atoms with Crippen LogP contribution in [0.1, 0.15) is 23.0 Å². The summed E-state index contributed by atoms with van der Waals surface area (Å²) < 4.78 is 22.6. The Bertz CT molecular complexity index is 1160. The van der Waals surface area contributed by atoms with Crippen LogP contribution in [-0.2, 0) is 15.9 Å². The molecule has 3 aromatic rings. The summed E-state index contributed by atoms with van der Waals surface area (Å²) in [5, 5.41) is 6.40. The van der Waals surface area contributed by atoms with Crippen LogP contribution in [0.2, 0.25) is 0 Å². The molecule has 32 heavy (non-hydrogen) atoms. The van der Waals surface area contributed by atoms with Gasteiger partial charge in [0.25, 0.3) is 6.01 Å². The average Bonchev–Trinajstić information content (AvgIpc) is 3.52. The summed E-state index contributed by atoms with van der Waals surface area (Å²) in [4.78, 5) is 25.1. The number of carbonyl (C=O) groups excluding carboxylic acids is 1. The van der Waals surface area contributed by atoms with Gasteiger partial charge in [-0.3, -0.25) is 5.32 Å². The Morgan fingerprint density at radius 3 is 3.03 bits per heavy atom. The number of nitrogens with one attached hydrogen (secondary N) is 2. The third-order valence-corrected chi connectivity index (χ3v) is 7.18. The van der Waals surface area contributed by atoms with Crippen molar-refractivity contribution in [3.8, 4) is 5.75 Å². The predicted octanol–water partition coefficient (Wildman–Crippen LogP) is 2.71. The van der Waals surface area contributed by atoms with Gasteiger partial charge in [-0.2, -0.15) is 4.98 Å². The number of amides is 2. The van der Waals surface area contributed by atoms with Crippen LogP contribution in [0.15, 0.2) is 22.6 Å². The van der Waals surface area contributed by atoms with E-state index in [2.05, 4.69) is 15.5 Å². The van der Waals surface area contributed by atoms with Gasteiger partial charge in [0.1, 0.15) is 11.3 Å². The molecule has 6 rings (SSSR count). The highest BCUT2D eigenvalue weighted by Gasteiger charge is 2.43. The number of oxazole rings is 1. The highest BCUT2D eigenvalue weighted by atomic mass is 32.1. The highest BCUT2D eigenvalue weighted by Crippen LogP contribution is 2.44. The molecule has 3 aliphatic heterocycles. The van der Waals surface area contributed by atoms with E-state index in [1.165, 1.54) is 11.3 Å². The molecule has 168 valence electrons. The molecular weight excluding hydrogens is 434 g/mol. The number of morpholine rings is 1. The van der Waals surface area contributed by atoms with Gasteiger partial charge in [0.2, 0.25) is 0 Å². The maximum absolute atomic E-state index is 12.4. The summed E-state index contributed by atoms with van der Waals surface area (Å²) in [7, 11) is 1.63. The minimum absolute atomic E-state index is 0.0467. The minimum Gasteiger partial charge on any atom is -0.497 e. The van der Waals surface area contributed by atoms with Crippen LogP contribution in [0.5, 0.6) is 5.75 Å². The van der Waals surface area contributed by atoms with Crippen molar-refractivity contribution >= 4 is 39.6 Å². The van der Waals surface area contributed by atoms with Crippen LogP contribution < -0.4 is 20.3 Å². The van der Waals surface area contributed by atoms with E-state index in [0.29, 0.717) is 49.6 Å². The Kier molecular flexibility index (Phi) is 4.89. The zero-order valence-electron chi connectivity index (χ0n) is 17.5. The lowest BCUT2D eigenvalue weighted by Crippen LogP contribution is -2.51. The van der Waals surface area contributed by atoms with E-state index < -0.39 is 0 Å². The zero-order chi connectivity index (χ0) is 21.7. The second-order valence-electron chi connectivity index (χ2n) is 8.14. The van der Waals surface area contributed by atoms with Crippen LogP contribution in [-0.4, -0.2) is 61.6 Å². The smallest absolute Gasteiger partial charge is 0.321 e. The largest absolute Gasteiger partial charge is 0.497 e. The molecule has 11 heteroatoms. The van der Waals surface area contributed by atoms with E-state index in [4.69, 9.17) is 28.6 Å². The van der Waals surface area contributed by atoms with Crippen molar-refractivity contribution in [1.29, 1.82) is 0 Å². The number of hydrogen-bond acceptors (Lipinski definition) is 9. The monoisotopic (exact) mass is 457 g/mol. The number of methoxy groups -OCH3 is 1. The first-order valence-electron chi connectivity index (χ1n) is 10.6. The Labute approximate surface area is 187 Å². The lowest BCUT2D eigenvalue weighted by atomic mass is 9.97. The number of hydrogen-bond donors (Lipinski definition) is 2. The number of urea groups is 1. The number of thiazole rings is 1. The number of carbonyl (C=O) groups is 1. The van der Waals surface area contributed by atoms with Gasteiger partial charge in [-0.1, -0.05) is 11.3 Å². The van der Waals surface area contributed by atoms with Crippen molar-refractivity contribution in [2.75, 3.05) is 43.8 Å². The van der Waals surface area contributed by atoms with Crippen LogP contribution in [0.25, 0.3) is 11.1 Å². The minimum atomic E-state index is -0.254. The fourth-order valence-corrected chi connectivity index (χ4v) is 5.60. The molecule has 2 aromatic heterocycles. The Morgan fingerprint density at radius 2 is 2.19 bits per heavy atom. The van der Waals surface area contributed by atoms with Gasteiger partial charge in [0, 0.05) is 19.1 Å². The number of rotatable bonds is 4. The molecule has 5 heterocycles. The SMILES string of the molecule is COc1ccc2oc(N3[C@@H]4COC[C@H]3c3sc(NC(=O)N[C@@H]5CCOC5)nc3C4)nc2c1. The number of aromatic nitrogens is 2. The van der Waals surface area contributed by atoms with Gasteiger partial charge in [-0.05, 0) is 18.6 Å². The first-order valence-corrected chi connectivity index (χ1v) is 11.4. The molecule has 2 bridgehead atoms. The van der Waals surface area contributed by atoms with Crippen molar-refractivity contribution < 1.29 is 23.4 Å². The van der Waals surface area contributed by atoms with E-state index in [9.17, 15) is 4.79 Å². The summed E-state index contributed by atoms with van der Waals surface area (Å²) in [6.45, 7) is 2.31. The number of anilines is 2. The first-order chi connectivity index (χ1) is 15.7. The van der Waals surface area contributed by atoms with Gasteiger partial charge in [0.05, 0.1) is 55.6 Å². The van der Waals surface area contributed by atoms with Gasteiger partial charge in [-0.15, -0.1) is 0 Å². The Balaban J connectivity index is 1.26. The summed E-state index contributed by atoms with van der Waals surface area (Å²) in [6.07, 6.45) is 1.53. The molecular formula is C21H23N5O5S. The van der Waals surface area contributed by atoms with E-state index in [1.54, 1.807) is 7.11 Å². The van der Waals surface area contributed by atoms with Crippen LogP contribution in [0.4, 0.5) is 15.9 Å². The molecule has 3 atom stereocenters. The molecule has 2 amide bonds. The van der Waals surface area contributed by atoms with E-state index in [0.717, 1.165) is 28.3 Å². The Hall–Kier alpha value is -2.89. The summed E-state index contributed by atoms with van der Waals surface area (Å²) in [5.74, 6) is 0.738. The molecule has 2 saturated heterocycles. The summed E-state index contributed by atoms with van der Waals surface area (Å²) >= 11 is 1.48. The molecule has 0 radical (unpaired) electrons. The Morgan fingerprint density at radius 1 is 1.25 bits per heavy atom. The fraction of sp³-hybridized carbons (Fsp3) is 0.476. The van der Waals surface area contributed by atoms with E-state index in [-0.39, 0.29) is 24.2 Å². The normalized spacial score (nSPS) is 24.4. The molecule has 2 fully saturated rings. The quantitative estimate of drug-likeness (QED) is 0.615. The van der Waals surface area contributed by atoms with E-state index in [1.807, 2.05) is 18.2 Å². The summed E-state index contributed by atoms with van der Waals surface area (Å²) in [5.41, 5.74) is 2.47. The lowest BCUT2D eigenvalue weighted by molar-refractivity contribution is 0.0579. The van der Waals surface area contributed by atoms with E-state index >= 15 is 0 Å². The van der Waals surface area contributed by atoms with Gasteiger partial charge >= 0.3 is 6.03 Å². The second kappa shape index (κ2) is 7.91. The zero-order valence-corrected chi connectivity index (χ0v) is 18.3. The molecule has 1 aromatic carbocycles. The molecule has 2 N–H and O–H groups in total. The van der Waals surface area contributed by atoms with Crippen LogP contribution >= 0.6 is 11.3 Å². The molecule has 0 saturated carbocycles. The molecule has 0 unspecified atom stereocenters. The maximum atomic E-state index is 12.4. The van der Waals surface area contributed by atoms with Crippen molar-refractivity contribution in [3.63, 3.8) is 0 Å². The maximum Gasteiger partial charge on any atom is 0.321 e. The van der Waals surface area contributed by atoms with Crippen LogP contribution in [0.3, 0.4) is 0 Å². The fourth-order valence-electron chi connectivity index (χ4n) is 4.53. The predicted molar refractivity (Wildman–Crippen MR) is 118 cm³/mol. The number of benzene rings is 1. The van der Waals surface area contributed by atoms with Crippen molar-refractivity contribution in [3.05, 3.63) is 28.8 Å². The number of ether oxygens (including phenoxy) is 3. The number of fused-ring (bicyclic) bond motifs is 5. The topological polar surface area (TPSA) is 111 Å². The van der Waals surface area contributed by atoms with Crippen molar-refractivity contribution in [2.45, 2.75) is 31.0 Å². The van der Waals surface area contributed by atoms with Crippen molar-refractivity contribution in [2.24, 2.45) is 0 Å². The molecule has 0 aliphatic carbocycles. The first kappa shape index (κ1) is 19.8.